The lowest BCUT2D eigenvalue weighted by atomic mass is 9.50. The third-order valence-corrected chi connectivity index (χ3v) is 6.55. The van der Waals surface area contributed by atoms with Gasteiger partial charge in [-0.15, -0.1) is 0 Å². The van der Waals surface area contributed by atoms with Gasteiger partial charge >= 0.3 is 0 Å². The van der Waals surface area contributed by atoms with E-state index in [9.17, 15) is 9.90 Å². The summed E-state index contributed by atoms with van der Waals surface area (Å²) in [6.45, 7) is 0.873. The van der Waals surface area contributed by atoms with E-state index in [1.807, 2.05) is 0 Å². The first-order valence-corrected chi connectivity index (χ1v) is 8.29. The molecule has 1 saturated heterocycles. The first-order chi connectivity index (χ1) is 9.02. The second kappa shape index (κ2) is 3.91. The Kier molecular flexibility index (Phi) is 2.58. The van der Waals surface area contributed by atoms with E-state index in [4.69, 9.17) is 0 Å². The van der Waals surface area contributed by atoms with Crippen LogP contribution in [0, 0.1) is 17.8 Å². The molecule has 3 unspecified atom stereocenters. The van der Waals surface area contributed by atoms with Crippen LogP contribution in [-0.2, 0) is 4.79 Å². The topological polar surface area (TPSA) is 40.5 Å². The highest BCUT2D eigenvalue weighted by atomic mass is 32.1. The maximum absolute atomic E-state index is 12.4. The van der Waals surface area contributed by atoms with Crippen LogP contribution in [0.5, 0.6) is 0 Å². The molecule has 0 aromatic heterocycles. The summed E-state index contributed by atoms with van der Waals surface area (Å²) in [5.74, 6) is 2.82. The lowest BCUT2D eigenvalue weighted by Gasteiger charge is -2.62. The number of hydrogen-bond acceptors (Lipinski definition) is 3. The summed E-state index contributed by atoms with van der Waals surface area (Å²) in [5, 5.41) is 10.8. The molecule has 1 heterocycles. The fourth-order valence-corrected chi connectivity index (χ4v) is 6.09. The van der Waals surface area contributed by atoms with Gasteiger partial charge in [0.1, 0.15) is 0 Å². The van der Waals surface area contributed by atoms with Crippen molar-refractivity contribution in [3.05, 3.63) is 0 Å². The van der Waals surface area contributed by atoms with E-state index in [1.165, 1.54) is 6.42 Å². The summed E-state index contributed by atoms with van der Waals surface area (Å²) in [6.07, 6.45) is 7.00. The first-order valence-electron chi connectivity index (χ1n) is 7.66. The summed E-state index contributed by atoms with van der Waals surface area (Å²) < 4.78 is 0. The van der Waals surface area contributed by atoms with Gasteiger partial charge in [0, 0.05) is 18.5 Å². The molecule has 4 aliphatic carbocycles. The van der Waals surface area contributed by atoms with Crippen molar-refractivity contribution in [2.75, 3.05) is 12.3 Å². The molecule has 4 saturated carbocycles. The van der Waals surface area contributed by atoms with Gasteiger partial charge in [-0.3, -0.25) is 4.79 Å². The number of hydrogen-bond donors (Lipinski definition) is 2. The fraction of sp³-hybridized carbons (Fsp3) is 0.933. The van der Waals surface area contributed by atoms with Crippen molar-refractivity contribution in [1.29, 1.82) is 0 Å². The molecule has 1 aliphatic heterocycles. The minimum Gasteiger partial charge on any atom is -0.390 e. The third kappa shape index (κ3) is 1.79. The molecule has 4 heteroatoms. The minimum atomic E-state index is -0.469. The molecule has 0 aromatic rings. The number of rotatable bonds is 2. The van der Waals surface area contributed by atoms with Crippen LogP contribution in [0.3, 0.4) is 0 Å². The molecule has 5 rings (SSSR count). The Labute approximate surface area is 120 Å². The maximum Gasteiger partial charge on any atom is 0.223 e. The highest BCUT2D eigenvalue weighted by molar-refractivity contribution is 7.80. The Morgan fingerprint density at radius 3 is 2.47 bits per heavy atom. The highest BCUT2D eigenvalue weighted by Gasteiger charge is 2.60. The molecule has 5 aliphatic rings. The van der Waals surface area contributed by atoms with Gasteiger partial charge in [-0.2, -0.15) is 12.6 Å². The van der Waals surface area contributed by atoms with Crippen LogP contribution in [0.25, 0.3) is 0 Å². The highest BCUT2D eigenvalue weighted by Crippen LogP contribution is 2.60. The van der Waals surface area contributed by atoms with Gasteiger partial charge in [-0.1, -0.05) is 0 Å². The van der Waals surface area contributed by atoms with Gasteiger partial charge in [0.15, 0.2) is 0 Å². The quantitative estimate of drug-likeness (QED) is 0.758. The van der Waals surface area contributed by atoms with E-state index in [0.29, 0.717) is 30.1 Å². The summed E-state index contributed by atoms with van der Waals surface area (Å²) in [5.41, 5.74) is -0.475. The third-order valence-electron chi connectivity index (χ3n) is 6.04. The van der Waals surface area contributed by atoms with Crippen LogP contribution >= 0.6 is 12.6 Å². The fourth-order valence-electron chi connectivity index (χ4n) is 5.84. The van der Waals surface area contributed by atoms with Crippen molar-refractivity contribution >= 4 is 18.5 Å². The van der Waals surface area contributed by atoms with Gasteiger partial charge < -0.3 is 10.0 Å². The van der Waals surface area contributed by atoms with E-state index >= 15 is 0 Å². The molecule has 3 nitrogen and oxygen atoms in total. The van der Waals surface area contributed by atoms with Gasteiger partial charge in [0.25, 0.3) is 0 Å². The average molecular weight is 281 g/mol. The Bertz CT molecular complexity index is 410. The van der Waals surface area contributed by atoms with Crippen LogP contribution in [0.4, 0.5) is 0 Å². The summed E-state index contributed by atoms with van der Waals surface area (Å²) in [4.78, 5) is 14.5. The number of thiol groups is 1. The van der Waals surface area contributed by atoms with E-state index in [2.05, 4.69) is 17.5 Å². The standard InChI is InChI=1S/C15H23NO2S/c17-13-2-12(8-19)7-16(13)14-3-10-1-11(4-14)6-15(18,5-10)9-14/h10-12,18-19H,1-9H2. The normalized spacial score (nSPS) is 52.2. The zero-order chi connectivity index (χ0) is 13.3. The molecule has 0 aromatic carbocycles. The predicted octanol–water partition coefficient (Wildman–Crippen LogP) is 1.85. The molecule has 0 spiro atoms. The summed E-state index contributed by atoms with van der Waals surface area (Å²) in [7, 11) is 0. The van der Waals surface area contributed by atoms with Crippen molar-refractivity contribution < 1.29 is 9.90 Å². The molecule has 3 atom stereocenters. The van der Waals surface area contributed by atoms with Crippen molar-refractivity contribution in [2.45, 2.75) is 56.1 Å². The van der Waals surface area contributed by atoms with Gasteiger partial charge in [0.05, 0.1) is 5.60 Å². The zero-order valence-corrected chi connectivity index (χ0v) is 12.2. The molecule has 1 amide bonds. The molecular formula is C15H23NO2S. The number of carbonyl (C=O) groups is 1. The number of likely N-dealkylation sites (tertiary alicyclic amines) is 1. The maximum atomic E-state index is 12.4. The van der Waals surface area contributed by atoms with Crippen LogP contribution in [0.15, 0.2) is 0 Å². The second-order valence-corrected chi connectivity index (χ2v) is 8.03. The van der Waals surface area contributed by atoms with Crippen molar-refractivity contribution in [3.8, 4) is 0 Å². The zero-order valence-electron chi connectivity index (χ0n) is 11.3. The number of aliphatic hydroxyl groups is 1. The summed E-state index contributed by atoms with van der Waals surface area (Å²) in [6, 6.07) is 0. The lowest BCUT2D eigenvalue weighted by molar-refractivity contribution is -0.179. The van der Waals surface area contributed by atoms with Gasteiger partial charge in [-0.25, -0.2) is 0 Å². The molecule has 1 N–H and O–H groups in total. The number of carbonyl (C=O) groups excluding carboxylic acids is 1. The van der Waals surface area contributed by atoms with Crippen molar-refractivity contribution in [3.63, 3.8) is 0 Å². The van der Waals surface area contributed by atoms with Crippen molar-refractivity contribution in [2.24, 2.45) is 17.8 Å². The molecular weight excluding hydrogens is 258 g/mol. The molecule has 19 heavy (non-hydrogen) atoms. The molecule has 4 bridgehead atoms. The van der Waals surface area contributed by atoms with E-state index in [-0.39, 0.29) is 5.54 Å². The second-order valence-electron chi connectivity index (χ2n) is 7.67. The van der Waals surface area contributed by atoms with Crippen LogP contribution in [0.2, 0.25) is 0 Å². The van der Waals surface area contributed by atoms with Crippen LogP contribution in [0.1, 0.15) is 44.9 Å². The number of amides is 1. The Morgan fingerprint density at radius 2 is 1.95 bits per heavy atom. The molecule has 5 fully saturated rings. The van der Waals surface area contributed by atoms with E-state index < -0.39 is 5.60 Å². The molecule has 0 radical (unpaired) electrons. The monoisotopic (exact) mass is 281 g/mol. The largest absolute Gasteiger partial charge is 0.390 e. The Morgan fingerprint density at radius 1 is 1.26 bits per heavy atom. The van der Waals surface area contributed by atoms with Crippen molar-refractivity contribution in [1.82, 2.24) is 4.90 Å². The van der Waals surface area contributed by atoms with E-state index in [0.717, 1.165) is 44.4 Å². The minimum absolute atomic E-state index is 0.00633. The van der Waals surface area contributed by atoms with Crippen LogP contribution < -0.4 is 0 Å². The van der Waals surface area contributed by atoms with E-state index in [1.54, 1.807) is 0 Å². The van der Waals surface area contributed by atoms with Gasteiger partial charge in [-0.05, 0) is 62.0 Å². The van der Waals surface area contributed by atoms with Gasteiger partial charge in [0.2, 0.25) is 5.91 Å². The lowest BCUT2D eigenvalue weighted by Crippen LogP contribution is -2.65. The predicted molar refractivity (Wildman–Crippen MR) is 76.0 cm³/mol. The first kappa shape index (κ1) is 12.5. The Hall–Kier alpha value is -0.220. The summed E-state index contributed by atoms with van der Waals surface area (Å²) >= 11 is 4.36. The smallest absolute Gasteiger partial charge is 0.223 e. The Balaban J connectivity index is 1.65. The van der Waals surface area contributed by atoms with Crippen LogP contribution in [-0.4, -0.2) is 39.4 Å². The molecule has 106 valence electrons. The SMILES string of the molecule is O=C1CC(CS)CN1C12CC3CC(CC(O)(C3)C1)C2. The number of nitrogens with zero attached hydrogens (tertiary/aromatic N) is 1. The average Bonchev–Trinajstić information content (AvgIpc) is 2.68.